The summed E-state index contributed by atoms with van der Waals surface area (Å²) in [6.07, 6.45) is 2.19. The van der Waals surface area contributed by atoms with Crippen LogP contribution in [-0.4, -0.2) is 40.6 Å². The van der Waals surface area contributed by atoms with Gasteiger partial charge in [-0.25, -0.2) is 0 Å². The van der Waals surface area contributed by atoms with Gasteiger partial charge in [0.2, 0.25) is 5.91 Å². The molecule has 1 amide bonds. The maximum atomic E-state index is 13.3. The lowest BCUT2D eigenvalue weighted by Crippen LogP contribution is -2.46. The number of amides is 1. The molecule has 0 aliphatic carbocycles. The van der Waals surface area contributed by atoms with E-state index >= 15 is 0 Å². The smallest absolute Gasteiger partial charge is 0.228 e. The average molecular weight is 583 g/mol. The van der Waals surface area contributed by atoms with Crippen molar-refractivity contribution in [1.82, 2.24) is 15.1 Å². The first kappa shape index (κ1) is 26.1. The van der Waals surface area contributed by atoms with E-state index in [2.05, 4.69) is 100 Å². The van der Waals surface area contributed by atoms with Gasteiger partial charge in [0.05, 0.1) is 17.1 Å². The number of hydrogen-bond acceptors (Lipinski definition) is 3. The molecule has 0 saturated carbocycles. The van der Waals surface area contributed by atoms with Crippen molar-refractivity contribution in [1.29, 1.82) is 0 Å². The minimum atomic E-state index is 0.0409. The van der Waals surface area contributed by atoms with Crippen LogP contribution >= 0.6 is 11.6 Å². The number of para-hydroxylation sites is 1. The number of nitrogens with one attached hydrogen (secondary N) is 2. The topological polar surface area (TPSA) is 61.0 Å². The Labute approximate surface area is 255 Å². The van der Waals surface area contributed by atoms with Gasteiger partial charge in [-0.1, -0.05) is 96.5 Å². The summed E-state index contributed by atoms with van der Waals surface area (Å²) in [5.74, 6) is 0.131. The highest BCUT2D eigenvalue weighted by Crippen LogP contribution is 2.45. The monoisotopic (exact) mass is 582 g/mol. The van der Waals surface area contributed by atoms with E-state index < -0.39 is 0 Å². The highest BCUT2D eigenvalue weighted by Gasteiger charge is 2.42. The molecule has 1 saturated heterocycles. The first-order chi connectivity index (χ1) is 21.1. The number of nitrogens with zero attached hydrogens (tertiary/aromatic N) is 2. The van der Waals surface area contributed by atoms with Crippen molar-refractivity contribution >= 4 is 44.9 Å². The highest BCUT2D eigenvalue weighted by molar-refractivity contribution is 6.35. The number of benzene rings is 5. The molecule has 0 radical (unpaired) electrons. The zero-order valence-corrected chi connectivity index (χ0v) is 24.5. The molecule has 1 spiro atoms. The number of halogens is 1. The summed E-state index contributed by atoms with van der Waals surface area (Å²) in [6, 6.07) is 36.5. The second-order valence-electron chi connectivity index (χ2n) is 11.9. The molecule has 8 rings (SSSR count). The lowest BCUT2D eigenvalue weighted by Gasteiger charge is -2.39. The number of likely N-dealkylation sites (tertiary alicyclic amines) is 1. The maximum Gasteiger partial charge on any atom is 0.228 e. The molecule has 43 heavy (non-hydrogen) atoms. The third-order valence-corrected chi connectivity index (χ3v) is 9.85. The Morgan fingerprint density at radius 2 is 1.53 bits per heavy atom. The second kappa shape index (κ2) is 10.3. The van der Waals surface area contributed by atoms with Crippen molar-refractivity contribution in [3.05, 3.63) is 119 Å². The summed E-state index contributed by atoms with van der Waals surface area (Å²) in [5, 5.41) is 15.1. The molecule has 0 atom stereocenters. The molecule has 2 aliphatic rings. The fourth-order valence-corrected chi connectivity index (χ4v) is 7.30. The average Bonchev–Trinajstić information content (AvgIpc) is 3.63. The quantitative estimate of drug-likeness (QED) is 0.220. The molecule has 5 nitrogen and oxygen atoms in total. The van der Waals surface area contributed by atoms with Crippen molar-refractivity contribution in [2.75, 3.05) is 25.0 Å². The SMILES string of the molecule is O=C(Cc1[nH]nc2c(Cl)cccc12)N1CCC2(CC1)CNc1ccc(-c3ccc(-c4cccc5ccccc45)cc3)cc12. The first-order valence-electron chi connectivity index (χ1n) is 14.9. The van der Waals surface area contributed by atoms with Gasteiger partial charge >= 0.3 is 0 Å². The summed E-state index contributed by atoms with van der Waals surface area (Å²) >= 11 is 6.28. The van der Waals surface area contributed by atoms with Gasteiger partial charge in [0.1, 0.15) is 5.52 Å². The fourth-order valence-electron chi connectivity index (χ4n) is 7.08. The van der Waals surface area contributed by atoms with E-state index in [0.29, 0.717) is 11.4 Å². The van der Waals surface area contributed by atoms with Crippen LogP contribution in [0.4, 0.5) is 5.69 Å². The van der Waals surface area contributed by atoms with Crippen molar-refractivity contribution in [3.8, 4) is 22.3 Å². The Morgan fingerprint density at radius 3 is 2.40 bits per heavy atom. The summed E-state index contributed by atoms with van der Waals surface area (Å²) < 4.78 is 0. The largest absolute Gasteiger partial charge is 0.384 e. The Kier molecular flexibility index (Phi) is 6.23. The van der Waals surface area contributed by atoms with Gasteiger partial charge in [-0.15, -0.1) is 0 Å². The summed E-state index contributed by atoms with van der Waals surface area (Å²) in [6.45, 7) is 2.41. The highest BCUT2D eigenvalue weighted by atomic mass is 35.5. The predicted molar refractivity (Wildman–Crippen MR) is 176 cm³/mol. The van der Waals surface area contributed by atoms with Crippen molar-refractivity contribution < 1.29 is 4.79 Å². The molecule has 6 aromatic rings. The molecule has 5 aromatic carbocycles. The predicted octanol–water partition coefficient (Wildman–Crippen LogP) is 8.23. The number of carbonyl (C=O) groups excluding carboxylic acids is 1. The number of piperidine rings is 1. The summed E-state index contributed by atoms with van der Waals surface area (Å²) in [7, 11) is 0. The van der Waals surface area contributed by atoms with Crippen LogP contribution in [0.5, 0.6) is 0 Å². The van der Waals surface area contributed by atoms with E-state index in [0.717, 1.165) is 49.1 Å². The van der Waals surface area contributed by atoms with Crippen LogP contribution in [0, 0.1) is 0 Å². The van der Waals surface area contributed by atoms with E-state index in [-0.39, 0.29) is 11.3 Å². The van der Waals surface area contributed by atoms with E-state index in [1.807, 2.05) is 23.1 Å². The number of H-pyrrole nitrogens is 1. The van der Waals surface area contributed by atoms with Crippen LogP contribution in [-0.2, 0) is 16.6 Å². The number of aromatic amines is 1. The number of carbonyl (C=O) groups is 1. The van der Waals surface area contributed by atoms with Crippen LogP contribution < -0.4 is 5.32 Å². The number of hydrogen-bond donors (Lipinski definition) is 2. The zero-order chi connectivity index (χ0) is 29.0. The molecular formula is C37H31ClN4O. The van der Waals surface area contributed by atoms with Crippen molar-refractivity contribution in [3.63, 3.8) is 0 Å². The first-order valence-corrected chi connectivity index (χ1v) is 15.3. The van der Waals surface area contributed by atoms with Gasteiger partial charge in [-0.05, 0) is 69.6 Å². The van der Waals surface area contributed by atoms with Gasteiger partial charge in [0, 0.05) is 36.1 Å². The zero-order valence-electron chi connectivity index (χ0n) is 23.7. The summed E-state index contributed by atoms with van der Waals surface area (Å²) in [5.41, 5.74) is 9.11. The van der Waals surface area contributed by atoms with Crippen LogP contribution in [0.2, 0.25) is 5.02 Å². The number of anilines is 1. The van der Waals surface area contributed by atoms with Gasteiger partial charge in [0.15, 0.2) is 0 Å². The lowest BCUT2D eigenvalue weighted by atomic mass is 9.73. The Hall–Kier alpha value is -4.61. The second-order valence-corrected chi connectivity index (χ2v) is 12.3. The van der Waals surface area contributed by atoms with E-state index in [4.69, 9.17) is 11.6 Å². The number of rotatable bonds is 4. The van der Waals surface area contributed by atoms with Crippen LogP contribution in [0.25, 0.3) is 43.9 Å². The van der Waals surface area contributed by atoms with Crippen molar-refractivity contribution in [2.45, 2.75) is 24.7 Å². The van der Waals surface area contributed by atoms with Gasteiger partial charge in [-0.3, -0.25) is 9.89 Å². The fraction of sp³-hybridized carbons (Fsp3) is 0.189. The molecule has 3 heterocycles. The number of aromatic nitrogens is 2. The third kappa shape index (κ3) is 4.47. The molecular weight excluding hydrogens is 552 g/mol. The normalized spacial score (nSPS) is 15.6. The summed E-state index contributed by atoms with van der Waals surface area (Å²) in [4.78, 5) is 15.3. The van der Waals surface area contributed by atoms with Gasteiger partial charge in [-0.2, -0.15) is 5.10 Å². The van der Waals surface area contributed by atoms with Crippen LogP contribution in [0.15, 0.2) is 103 Å². The standard InChI is InChI=1S/C37H31ClN4O/c38-32-10-4-9-30-34(40-41-36(30)32)22-35(43)42-19-17-37(18-20-42)23-39-33-16-15-27(21-31(33)37)24-11-13-26(14-12-24)29-8-3-6-25-5-1-2-7-28(25)29/h1-16,21,39H,17-20,22-23H2,(H,40,41). The Balaban J connectivity index is 1.00. The Morgan fingerprint density at radius 1 is 0.814 bits per heavy atom. The third-order valence-electron chi connectivity index (χ3n) is 9.54. The minimum absolute atomic E-state index is 0.0409. The van der Waals surface area contributed by atoms with E-state index in [9.17, 15) is 4.79 Å². The lowest BCUT2D eigenvalue weighted by molar-refractivity contribution is -0.132. The molecule has 0 bridgehead atoms. The molecule has 0 unspecified atom stereocenters. The van der Waals surface area contributed by atoms with E-state index in [1.165, 1.54) is 44.3 Å². The van der Waals surface area contributed by atoms with Gasteiger partial charge in [0.25, 0.3) is 0 Å². The molecule has 1 aromatic heterocycles. The van der Waals surface area contributed by atoms with E-state index in [1.54, 1.807) is 0 Å². The molecule has 6 heteroatoms. The molecule has 2 N–H and O–H groups in total. The van der Waals surface area contributed by atoms with Crippen molar-refractivity contribution in [2.24, 2.45) is 0 Å². The molecule has 212 valence electrons. The Bertz CT molecular complexity index is 2000. The molecule has 1 fully saturated rings. The van der Waals surface area contributed by atoms with Gasteiger partial charge < -0.3 is 10.2 Å². The minimum Gasteiger partial charge on any atom is -0.384 e. The number of fused-ring (bicyclic) bond motifs is 4. The van der Waals surface area contributed by atoms with Crippen LogP contribution in [0.1, 0.15) is 24.1 Å². The molecule has 2 aliphatic heterocycles. The van der Waals surface area contributed by atoms with Crippen LogP contribution in [0.3, 0.4) is 0 Å². The maximum absolute atomic E-state index is 13.3.